The number of benzene rings is 4. The van der Waals surface area contributed by atoms with Gasteiger partial charge in [-0.3, -0.25) is 9.97 Å². The molecule has 2 aromatic heterocycles. The topological polar surface area (TPSA) is 25.8 Å². The van der Waals surface area contributed by atoms with Gasteiger partial charge in [0, 0.05) is 11.6 Å². The van der Waals surface area contributed by atoms with Gasteiger partial charge in [0.1, 0.15) is 0 Å². The first-order chi connectivity index (χ1) is 16.9. The fourth-order valence-electron chi connectivity index (χ4n) is 4.37. The Morgan fingerprint density at radius 3 is 2.29 bits per heavy atom. The molecule has 0 spiro atoms. The predicted octanol–water partition coefficient (Wildman–Crippen LogP) is 7.78. The normalized spacial score (nSPS) is 11.1. The third-order valence-electron chi connectivity index (χ3n) is 5.97. The summed E-state index contributed by atoms with van der Waals surface area (Å²) in [6.45, 7) is 0. The van der Waals surface area contributed by atoms with Crippen molar-refractivity contribution >= 4 is 27.6 Å². The van der Waals surface area contributed by atoms with Crippen molar-refractivity contribution in [2.45, 2.75) is 0 Å². The van der Waals surface area contributed by atoms with E-state index in [-0.39, 0.29) is 21.1 Å². The molecule has 3 heteroatoms. The van der Waals surface area contributed by atoms with Gasteiger partial charge in [-0.2, -0.15) is 0 Å². The number of rotatable bonds is 4. The molecule has 0 saturated carbocycles. The fourth-order valence-corrected chi connectivity index (χ4v) is 4.37. The second-order valence-electron chi connectivity index (χ2n) is 8.10. The minimum absolute atomic E-state index is 0. The maximum atomic E-state index is 4.88. The van der Waals surface area contributed by atoms with Crippen molar-refractivity contribution in [3.8, 4) is 22.5 Å². The summed E-state index contributed by atoms with van der Waals surface area (Å²) in [6, 6.07) is 40.5. The average molecular weight is 628 g/mol. The maximum Gasteiger partial charge on any atom is 2.00 e. The first-order valence-corrected chi connectivity index (χ1v) is 11.3. The van der Waals surface area contributed by atoms with E-state index in [2.05, 4.69) is 71.7 Å². The number of pyridine rings is 2. The smallest absolute Gasteiger partial charge is 0.294 e. The third-order valence-corrected chi connectivity index (χ3v) is 5.97. The summed E-state index contributed by atoms with van der Waals surface area (Å²) < 4.78 is 0. The predicted molar refractivity (Wildman–Crippen MR) is 140 cm³/mol. The Kier molecular flexibility index (Phi) is 6.66. The molecule has 6 rings (SSSR count). The summed E-state index contributed by atoms with van der Waals surface area (Å²) in [6.07, 6.45) is 7.30. The monoisotopic (exact) mass is 627 g/mol. The Morgan fingerprint density at radius 2 is 1.46 bits per heavy atom. The Morgan fingerprint density at radius 1 is 0.686 bits per heavy atom. The molecule has 2 nitrogen and oxygen atoms in total. The summed E-state index contributed by atoms with van der Waals surface area (Å²) >= 11 is 0. The van der Waals surface area contributed by atoms with Gasteiger partial charge >= 0.3 is 21.1 Å². The van der Waals surface area contributed by atoms with Crippen LogP contribution >= 0.6 is 0 Å². The molecule has 2 heterocycles. The molecule has 4 aromatic carbocycles. The van der Waals surface area contributed by atoms with E-state index in [1.54, 1.807) is 0 Å². The summed E-state index contributed by atoms with van der Waals surface area (Å²) in [4.78, 5) is 9.51. The van der Waals surface area contributed by atoms with Gasteiger partial charge in [-0.1, -0.05) is 72.1 Å². The molecule has 168 valence electrons. The van der Waals surface area contributed by atoms with Gasteiger partial charge in [0.2, 0.25) is 0 Å². The Bertz CT molecular complexity index is 1650. The van der Waals surface area contributed by atoms with Crippen molar-refractivity contribution in [3.05, 3.63) is 139 Å². The minimum Gasteiger partial charge on any atom is -0.294 e. The van der Waals surface area contributed by atoms with Gasteiger partial charge in [-0.05, 0) is 28.6 Å². The van der Waals surface area contributed by atoms with Crippen molar-refractivity contribution < 1.29 is 21.1 Å². The second-order valence-corrected chi connectivity index (χ2v) is 8.10. The zero-order valence-electron chi connectivity index (χ0n) is 18.8. The van der Waals surface area contributed by atoms with Gasteiger partial charge in [-0.15, -0.1) is 65.2 Å². The van der Waals surface area contributed by atoms with E-state index in [0.717, 1.165) is 44.5 Å². The fraction of sp³-hybridized carbons (Fsp3) is 0. The molecule has 0 N–H and O–H groups in total. The van der Waals surface area contributed by atoms with E-state index < -0.39 is 0 Å². The Balaban J connectivity index is 0.00000253. The van der Waals surface area contributed by atoms with E-state index in [9.17, 15) is 0 Å². The van der Waals surface area contributed by atoms with Crippen LogP contribution in [0.5, 0.6) is 0 Å². The SMILES string of the molecule is [C-](=Cc1cccc(-c2nccc3ccccc23)n1)c1ccc2ccccc2c1-c1[c-]cccc1.[Pt+2]. The van der Waals surface area contributed by atoms with Crippen molar-refractivity contribution in [1.29, 1.82) is 0 Å². The Hall–Kier alpha value is -3.87. The van der Waals surface area contributed by atoms with Crippen molar-refractivity contribution in [3.63, 3.8) is 0 Å². The number of hydrogen-bond acceptors (Lipinski definition) is 2. The van der Waals surface area contributed by atoms with Crippen LogP contribution in [0.3, 0.4) is 0 Å². The van der Waals surface area contributed by atoms with Crippen molar-refractivity contribution in [2.75, 3.05) is 0 Å². The van der Waals surface area contributed by atoms with Crippen LogP contribution in [0.1, 0.15) is 11.3 Å². The number of aromatic nitrogens is 2. The number of hydrogen-bond donors (Lipinski definition) is 0. The summed E-state index contributed by atoms with van der Waals surface area (Å²) in [5, 5.41) is 4.63. The molecule has 0 amide bonds. The molecule has 0 atom stereocenters. The number of fused-ring (bicyclic) bond motifs is 2. The van der Waals surface area contributed by atoms with Crippen LogP contribution in [-0.4, -0.2) is 9.97 Å². The van der Waals surface area contributed by atoms with Gasteiger partial charge in [0.05, 0.1) is 11.4 Å². The van der Waals surface area contributed by atoms with Gasteiger partial charge in [0.15, 0.2) is 0 Å². The quantitative estimate of drug-likeness (QED) is 0.187. The van der Waals surface area contributed by atoms with Crippen LogP contribution in [0, 0.1) is 12.1 Å². The number of nitrogens with zero attached hydrogens (tertiary/aromatic N) is 2. The molecule has 0 aliphatic carbocycles. The molecule has 6 aromatic rings. The summed E-state index contributed by atoms with van der Waals surface area (Å²) in [7, 11) is 0. The van der Waals surface area contributed by atoms with E-state index in [4.69, 9.17) is 4.98 Å². The largest absolute Gasteiger partial charge is 2.00 e. The zero-order valence-corrected chi connectivity index (χ0v) is 21.0. The van der Waals surface area contributed by atoms with Crippen molar-refractivity contribution in [2.24, 2.45) is 0 Å². The molecular formula is C32H20N2Pt. The Labute approximate surface area is 219 Å². The molecule has 35 heavy (non-hydrogen) atoms. The van der Waals surface area contributed by atoms with E-state index in [1.165, 1.54) is 10.8 Å². The van der Waals surface area contributed by atoms with Crippen LogP contribution in [0.4, 0.5) is 0 Å². The maximum absolute atomic E-state index is 4.88. The van der Waals surface area contributed by atoms with Crippen LogP contribution in [0.25, 0.3) is 50.1 Å². The van der Waals surface area contributed by atoms with Gasteiger partial charge in [0.25, 0.3) is 0 Å². The molecule has 0 aliphatic heterocycles. The molecule has 0 saturated heterocycles. The molecule has 0 bridgehead atoms. The van der Waals surface area contributed by atoms with E-state index in [0.29, 0.717) is 0 Å². The average Bonchev–Trinajstić information content (AvgIpc) is 2.92. The van der Waals surface area contributed by atoms with Crippen molar-refractivity contribution in [1.82, 2.24) is 9.97 Å². The van der Waals surface area contributed by atoms with E-state index in [1.807, 2.05) is 66.9 Å². The second kappa shape index (κ2) is 10.2. The standard InChI is InChI=1S/C32H20N2.Pt/c1-2-11-25(12-3-1)31-26(18-17-23-9-4-6-14-28(23)31)19-20-27-13-8-16-30(34-27)32-29-15-7-5-10-24(29)21-22-33-32;/h1-11,13-18,20-22H;/q-2;+2. The molecule has 0 unspecified atom stereocenters. The molecular weight excluding hydrogens is 607 g/mol. The molecule has 0 aliphatic rings. The van der Waals surface area contributed by atoms with Crippen LogP contribution < -0.4 is 0 Å². The van der Waals surface area contributed by atoms with Crippen LogP contribution in [0.15, 0.2) is 115 Å². The van der Waals surface area contributed by atoms with Gasteiger partial charge in [-0.25, -0.2) is 0 Å². The van der Waals surface area contributed by atoms with E-state index >= 15 is 0 Å². The zero-order chi connectivity index (χ0) is 22.7. The first kappa shape index (κ1) is 22.9. The third kappa shape index (κ3) is 4.58. The molecule has 0 fully saturated rings. The summed E-state index contributed by atoms with van der Waals surface area (Å²) in [5.41, 5.74) is 5.76. The minimum atomic E-state index is 0. The van der Waals surface area contributed by atoms with Crippen LogP contribution in [0.2, 0.25) is 0 Å². The first-order valence-electron chi connectivity index (χ1n) is 11.3. The molecule has 0 radical (unpaired) electrons. The summed E-state index contributed by atoms with van der Waals surface area (Å²) in [5.74, 6) is 0. The van der Waals surface area contributed by atoms with Crippen LogP contribution in [-0.2, 0) is 21.1 Å². The van der Waals surface area contributed by atoms with Gasteiger partial charge < -0.3 is 0 Å².